The van der Waals surface area contributed by atoms with Crippen molar-refractivity contribution in [3.63, 3.8) is 0 Å². The molecule has 0 N–H and O–H groups in total. The van der Waals surface area contributed by atoms with Gasteiger partial charge in [-0.15, -0.1) is 0 Å². The first-order valence-electron chi connectivity index (χ1n) is 9.34. The smallest absolute Gasteiger partial charge is 0.0151 e. The maximum Gasteiger partial charge on any atom is -0.0151 e. The molecule has 27 heavy (non-hydrogen) atoms. The van der Waals surface area contributed by atoms with Gasteiger partial charge in [0, 0.05) is 0 Å². The monoisotopic (exact) mass is 352 g/mol. The van der Waals surface area contributed by atoms with Crippen LogP contribution in [0.3, 0.4) is 0 Å². The van der Waals surface area contributed by atoms with Crippen molar-refractivity contribution >= 4 is 0 Å². The van der Waals surface area contributed by atoms with Crippen LogP contribution >= 0.6 is 0 Å². The van der Waals surface area contributed by atoms with Gasteiger partial charge in [-0.05, 0) is 42.1 Å². The fourth-order valence-corrected chi connectivity index (χ4v) is 2.77. The van der Waals surface area contributed by atoms with Crippen molar-refractivity contribution in [3.8, 4) is 0 Å². The van der Waals surface area contributed by atoms with E-state index in [2.05, 4.69) is 86.9 Å². The summed E-state index contributed by atoms with van der Waals surface area (Å²) in [5.74, 6) is 0. The molecular formula is C27H28. The number of benzene rings is 1. The first kappa shape index (κ1) is 20.2. The number of rotatable bonds is 4. The molecule has 0 spiro atoms. The topological polar surface area (TPSA) is 0 Å². The summed E-state index contributed by atoms with van der Waals surface area (Å²) in [4.78, 5) is 0. The second-order valence-corrected chi connectivity index (χ2v) is 6.29. The average molecular weight is 353 g/mol. The van der Waals surface area contributed by atoms with Crippen LogP contribution in [0.15, 0.2) is 139 Å². The van der Waals surface area contributed by atoms with Crippen molar-refractivity contribution in [3.05, 3.63) is 144 Å². The van der Waals surface area contributed by atoms with Gasteiger partial charge in [0.05, 0.1) is 0 Å². The summed E-state index contributed by atoms with van der Waals surface area (Å²) < 4.78 is 0. The molecule has 0 saturated heterocycles. The number of allylic oxidation sites excluding steroid dienone is 16. The SMILES string of the molecule is C=C/C=C(\C=C)C1=CCC=C(C2=CC=CCC=C2)C=C1.Cc1ccccc1. The average Bonchev–Trinajstić information content (AvgIpc) is 3.10. The second-order valence-electron chi connectivity index (χ2n) is 6.29. The van der Waals surface area contributed by atoms with Gasteiger partial charge in [-0.1, -0.05) is 122 Å². The van der Waals surface area contributed by atoms with Crippen LogP contribution < -0.4 is 0 Å². The summed E-state index contributed by atoms with van der Waals surface area (Å²) >= 11 is 0. The van der Waals surface area contributed by atoms with Gasteiger partial charge in [0.2, 0.25) is 0 Å². The third-order valence-electron chi connectivity index (χ3n) is 4.22. The molecule has 0 saturated carbocycles. The van der Waals surface area contributed by atoms with E-state index in [9.17, 15) is 0 Å². The molecule has 0 fully saturated rings. The zero-order valence-corrected chi connectivity index (χ0v) is 16.1. The van der Waals surface area contributed by atoms with Crippen LogP contribution in [-0.2, 0) is 0 Å². The highest BCUT2D eigenvalue weighted by Gasteiger charge is 2.04. The van der Waals surface area contributed by atoms with E-state index < -0.39 is 0 Å². The van der Waals surface area contributed by atoms with Crippen LogP contribution in [0.4, 0.5) is 0 Å². The molecule has 2 aliphatic carbocycles. The van der Waals surface area contributed by atoms with Gasteiger partial charge < -0.3 is 0 Å². The van der Waals surface area contributed by atoms with Crippen LogP contribution in [0.5, 0.6) is 0 Å². The lowest BCUT2D eigenvalue weighted by Gasteiger charge is -2.02. The summed E-state index contributed by atoms with van der Waals surface area (Å²) in [6.07, 6.45) is 27.2. The van der Waals surface area contributed by atoms with Crippen molar-refractivity contribution in [1.82, 2.24) is 0 Å². The molecule has 1 aromatic rings. The predicted octanol–water partition coefficient (Wildman–Crippen LogP) is 7.54. The maximum atomic E-state index is 3.87. The van der Waals surface area contributed by atoms with E-state index in [0.29, 0.717) is 0 Å². The number of hydrogen-bond acceptors (Lipinski definition) is 0. The van der Waals surface area contributed by atoms with Gasteiger partial charge >= 0.3 is 0 Å². The Morgan fingerprint density at radius 1 is 0.889 bits per heavy atom. The zero-order chi connectivity index (χ0) is 19.3. The van der Waals surface area contributed by atoms with Crippen molar-refractivity contribution in [2.45, 2.75) is 19.8 Å². The minimum Gasteiger partial charge on any atom is -0.0990 e. The largest absolute Gasteiger partial charge is 0.0990 e. The Labute approximate surface area is 164 Å². The van der Waals surface area contributed by atoms with Crippen molar-refractivity contribution in [2.75, 3.05) is 0 Å². The molecule has 3 rings (SSSR count). The van der Waals surface area contributed by atoms with Crippen LogP contribution in [-0.4, -0.2) is 0 Å². The minimum atomic E-state index is 0.925. The Morgan fingerprint density at radius 2 is 1.70 bits per heavy atom. The standard InChI is InChI=1S/C20H20.C7H8/c1-3-10-17(4-2)19-13-9-14-20(16-15-19)18-11-7-5-6-8-12-18;1-7-5-3-2-4-6-7/h3-5,7-8,10-16H,1-2,6,9H2;2-6H,1H3/b17-10+;. The summed E-state index contributed by atoms with van der Waals surface area (Å²) in [5.41, 5.74) is 6.15. The normalized spacial score (nSPS) is 16.0. The Kier molecular flexibility index (Phi) is 8.59. The number of hydrogen-bond donors (Lipinski definition) is 0. The van der Waals surface area contributed by atoms with Gasteiger partial charge in [-0.25, -0.2) is 0 Å². The van der Waals surface area contributed by atoms with E-state index in [1.54, 1.807) is 6.08 Å². The van der Waals surface area contributed by atoms with E-state index in [1.807, 2.05) is 30.4 Å². The number of aryl methyl sites for hydroxylation is 1. The Bertz CT molecular complexity index is 847. The van der Waals surface area contributed by atoms with E-state index in [0.717, 1.165) is 18.4 Å². The Morgan fingerprint density at radius 3 is 2.37 bits per heavy atom. The van der Waals surface area contributed by atoms with Gasteiger partial charge in [0.15, 0.2) is 0 Å². The lowest BCUT2D eigenvalue weighted by atomic mass is 10.0. The summed E-state index contributed by atoms with van der Waals surface area (Å²) in [6, 6.07) is 10.3. The maximum absolute atomic E-state index is 3.87. The molecule has 0 aliphatic heterocycles. The molecule has 1 aromatic carbocycles. The molecule has 0 atom stereocenters. The quantitative estimate of drug-likeness (QED) is 0.491. The molecule has 0 bridgehead atoms. The van der Waals surface area contributed by atoms with Crippen LogP contribution in [0.1, 0.15) is 18.4 Å². The fraction of sp³-hybridized carbons (Fsp3) is 0.111. The van der Waals surface area contributed by atoms with E-state index >= 15 is 0 Å². The van der Waals surface area contributed by atoms with Crippen LogP contribution in [0.25, 0.3) is 0 Å². The van der Waals surface area contributed by atoms with Gasteiger partial charge in [0.1, 0.15) is 0 Å². The second kappa shape index (κ2) is 11.5. The summed E-state index contributed by atoms with van der Waals surface area (Å²) in [6.45, 7) is 9.70. The molecule has 0 heterocycles. The molecule has 0 unspecified atom stereocenters. The molecule has 0 nitrogen and oxygen atoms in total. The third kappa shape index (κ3) is 6.95. The first-order valence-corrected chi connectivity index (χ1v) is 9.34. The van der Waals surface area contributed by atoms with Crippen LogP contribution in [0.2, 0.25) is 0 Å². The van der Waals surface area contributed by atoms with Gasteiger partial charge in [-0.3, -0.25) is 0 Å². The molecular weight excluding hydrogens is 324 g/mol. The third-order valence-corrected chi connectivity index (χ3v) is 4.22. The summed E-state index contributed by atoms with van der Waals surface area (Å²) in [7, 11) is 0. The van der Waals surface area contributed by atoms with Crippen LogP contribution in [0, 0.1) is 6.92 Å². The predicted molar refractivity (Wildman–Crippen MR) is 121 cm³/mol. The lowest BCUT2D eigenvalue weighted by Crippen LogP contribution is -1.83. The lowest BCUT2D eigenvalue weighted by molar-refractivity contribution is 1.34. The molecule has 0 aromatic heterocycles. The molecule has 0 radical (unpaired) electrons. The highest BCUT2D eigenvalue weighted by Crippen LogP contribution is 2.23. The van der Waals surface area contributed by atoms with Gasteiger partial charge in [-0.2, -0.15) is 0 Å². The Hall–Kier alpha value is -3.12. The van der Waals surface area contributed by atoms with Crippen molar-refractivity contribution in [2.24, 2.45) is 0 Å². The van der Waals surface area contributed by atoms with E-state index in [-0.39, 0.29) is 0 Å². The highest BCUT2D eigenvalue weighted by molar-refractivity contribution is 5.55. The van der Waals surface area contributed by atoms with Crippen molar-refractivity contribution < 1.29 is 0 Å². The van der Waals surface area contributed by atoms with E-state index in [1.165, 1.54) is 22.3 Å². The van der Waals surface area contributed by atoms with E-state index in [4.69, 9.17) is 0 Å². The van der Waals surface area contributed by atoms with Crippen molar-refractivity contribution in [1.29, 1.82) is 0 Å². The molecule has 0 amide bonds. The van der Waals surface area contributed by atoms with Gasteiger partial charge in [0.25, 0.3) is 0 Å². The Balaban J connectivity index is 0.000000313. The first-order chi connectivity index (χ1) is 13.2. The molecule has 0 heteroatoms. The molecule has 2 aliphatic rings. The molecule has 136 valence electrons. The summed E-state index contributed by atoms with van der Waals surface area (Å²) in [5, 5.41) is 0. The highest BCUT2D eigenvalue weighted by atomic mass is 14.1. The fourth-order valence-electron chi connectivity index (χ4n) is 2.77. The zero-order valence-electron chi connectivity index (χ0n) is 16.1. The minimum absolute atomic E-state index is 0.925.